The van der Waals surface area contributed by atoms with E-state index < -0.39 is 57.1 Å². The summed E-state index contributed by atoms with van der Waals surface area (Å²) in [6.07, 6.45) is -0.723. The molecule has 0 spiro atoms. The lowest BCUT2D eigenvalue weighted by Crippen LogP contribution is -2.83. The molecule has 2 N–H and O–H groups in total. The van der Waals surface area contributed by atoms with Crippen LogP contribution >= 0.6 is 11.8 Å². The number of carbonyl (C=O) groups is 6. The standard InChI is InChI=1S/C46H41N3O8S/c1-56-45(55)46(34-22-12-5-13-23-34,35-24-14-25-36(28-35)47-43(53)33-20-10-4-11-21-33)27-15-26-38(51)48-49-39(52)29-40(49)58-30-37(50)41(49)44(54)57-42(31-16-6-2-7-17-31)32-18-8-3-9-19-32/h2-14,16-25,28,40-42H,15,26-27,29-30H2,1H3,(H-,47,48,51,53)/p+1/t40-,41?,46?,49?/m0/s1. The smallest absolute Gasteiger partial charge is 0.377 e. The van der Waals surface area contributed by atoms with E-state index in [-0.39, 0.29) is 37.3 Å². The van der Waals surface area contributed by atoms with Gasteiger partial charge in [-0.25, -0.2) is 9.59 Å². The van der Waals surface area contributed by atoms with Gasteiger partial charge in [-0.1, -0.05) is 133 Å². The number of esters is 2. The minimum Gasteiger partial charge on any atom is -0.468 e. The minimum atomic E-state index is -1.60. The first kappa shape index (κ1) is 39.8. The van der Waals surface area contributed by atoms with Gasteiger partial charge < -0.3 is 14.8 Å². The van der Waals surface area contributed by atoms with Crippen molar-refractivity contribution in [3.63, 3.8) is 0 Å². The average molecular weight is 797 g/mol. The van der Waals surface area contributed by atoms with Crippen LogP contribution in [0.1, 0.15) is 64.4 Å². The number of quaternary nitrogens is 1. The molecule has 0 saturated carbocycles. The van der Waals surface area contributed by atoms with Crippen LogP contribution in [0, 0.1) is 0 Å². The van der Waals surface area contributed by atoms with Crippen LogP contribution in [0.4, 0.5) is 5.69 Å². The molecule has 2 saturated heterocycles. The number of nitrogens with zero attached hydrogens (tertiary/aromatic N) is 1. The third-order valence-corrected chi connectivity index (χ3v) is 12.1. The highest BCUT2D eigenvalue weighted by Crippen LogP contribution is 2.44. The van der Waals surface area contributed by atoms with E-state index in [1.54, 1.807) is 72.8 Å². The maximum absolute atomic E-state index is 14.2. The van der Waals surface area contributed by atoms with Crippen LogP contribution in [0.15, 0.2) is 146 Å². The Balaban J connectivity index is 1.14. The number of hydrogen-bond acceptors (Lipinski definition) is 9. The van der Waals surface area contributed by atoms with Crippen molar-refractivity contribution in [1.82, 2.24) is 5.43 Å². The number of methoxy groups -OCH3 is 1. The number of hydrogen-bond donors (Lipinski definition) is 2. The molecule has 12 heteroatoms. The predicted octanol–water partition coefficient (Wildman–Crippen LogP) is 6.69. The molecule has 5 aromatic rings. The number of ether oxygens (including phenoxy) is 2. The molecule has 7 rings (SSSR count). The quantitative estimate of drug-likeness (QED) is 0.0544. The first-order valence-corrected chi connectivity index (χ1v) is 20.0. The minimum absolute atomic E-state index is 0.0154. The summed E-state index contributed by atoms with van der Waals surface area (Å²) in [5.74, 6) is -3.39. The maximum Gasteiger partial charge on any atom is 0.377 e. The summed E-state index contributed by atoms with van der Waals surface area (Å²) in [6, 6.07) is 41.3. The normalized spacial score (nSPS) is 19.5. The summed E-state index contributed by atoms with van der Waals surface area (Å²) in [6.45, 7) is 0. The second-order valence-electron chi connectivity index (χ2n) is 14.2. The van der Waals surface area contributed by atoms with Crippen molar-refractivity contribution in [2.24, 2.45) is 0 Å². The second-order valence-corrected chi connectivity index (χ2v) is 15.4. The molecule has 0 radical (unpaired) electrons. The number of nitrogens with one attached hydrogen (secondary N) is 2. The Hall–Kier alpha value is -6.37. The molecule has 0 aromatic heterocycles. The molecule has 58 heavy (non-hydrogen) atoms. The summed E-state index contributed by atoms with van der Waals surface area (Å²) < 4.78 is 10.7. The number of thioether (sulfide) groups is 1. The first-order chi connectivity index (χ1) is 28.2. The number of β-lactam (4-membered cyclic amide) rings is 1. The largest absolute Gasteiger partial charge is 0.468 e. The van der Waals surface area contributed by atoms with Crippen molar-refractivity contribution in [1.29, 1.82) is 0 Å². The zero-order valence-corrected chi connectivity index (χ0v) is 32.6. The highest BCUT2D eigenvalue weighted by atomic mass is 32.2. The summed E-state index contributed by atoms with van der Waals surface area (Å²) in [5.41, 5.74) is 4.81. The van der Waals surface area contributed by atoms with Crippen LogP contribution in [0.25, 0.3) is 0 Å². The lowest BCUT2D eigenvalue weighted by atomic mass is 9.71. The Morgan fingerprint density at radius 2 is 1.36 bits per heavy atom. The van der Waals surface area contributed by atoms with Crippen molar-refractivity contribution >= 4 is 52.9 Å². The molecule has 2 aliphatic rings. The number of fused-ring (bicyclic) bond motifs is 1. The van der Waals surface area contributed by atoms with Gasteiger partial charge in [0, 0.05) is 17.7 Å². The molecular weight excluding hydrogens is 755 g/mol. The summed E-state index contributed by atoms with van der Waals surface area (Å²) in [4.78, 5) is 82.5. The van der Waals surface area contributed by atoms with Crippen LogP contribution in [0.2, 0.25) is 0 Å². The number of ketones is 1. The number of benzene rings is 5. The fourth-order valence-corrected chi connectivity index (χ4v) is 9.15. The van der Waals surface area contributed by atoms with Gasteiger partial charge in [0.25, 0.3) is 17.9 Å². The SMILES string of the molecule is COC(=O)C(CCCC(=O)N[N+]12C(=O)C[C@@H]1SCC(=O)C2C(=O)OC(c1ccccc1)c1ccccc1)(c1ccccc1)c1cccc(NC(=O)c2ccccc2)c1. The zero-order chi connectivity index (χ0) is 40.7. The van der Waals surface area contributed by atoms with Gasteiger partial charge in [0.15, 0.2) is 11.5 Å². The number of Topliss-reactive ketones (excluding diaryl/α,β-unsaturated/α-hetero) is 1. The van der Waals surface area contributed by atoms with Crippen molar-refractivity contribution in [2.75, 3.05) is 18.2 Å². The second kappa shape index (κ2) is 17.4. The van der Waals surface area contributed by atoms with E-state index in [2.05, 4.69) is 10.7 Å². The fraction of sp³-hybridized carbons (Fsp3) is 0.217. The summed E-state index contributed by atoms with van der Waals surface area (Å²) in [5, 5.41) is 2.34. The van der Waals surface area contributed by atoms with Gasteiger partial charge in [-0.3, -0.25) is 19.2 Å². The molecule has 11 nitrogen and oxygen atoms in total. The van der Waals surface area contributed by atoms with Gasteiger partial charge in [-0.2, -0.15) is 5.43 Å². The van der Waals surface area contributed by atoms with Gasteiger partial charge in [0.05, 0.1) is 12.9 Å². The van der Waals surface area contributed by atoms with E-state index in [9.17, 15) is 28.8 Å². The Bertz CT molecular complexity index is 2270. The van der Waals surface area contributed by atoms with Gasteiger partial charge >= 0.3 is 17.8 Å². The number of rotatable bonds is 14. The lowest BCUT2D eigenvalue weighted by Gasteiger charge is -2.52. The molecule has 5 aromatic carbocycles. The average Bonchev–Trinajstić information content (AvgIpc) is 3.26. The maximum atomic E-state index is 14.2. The van der Waals surface area contributed by atoms with E-state index in [0.29, 0.717) is 33.5 Å². The summed E-state index contributed by atoms with van der Waals surface area (Å²) >= 11 is 1.22. The number of carbonyl (C=O) groups excluding carboxylic acids is 6. The molecule has 3 unspecified atom stereocenters. The number of amides is 3. The molecule has 3 amide bonds. The fourth-order valence-electron chi connectivity index (χ4n) is 7.85. The molecule has 2 aliphatic heterocycles. The third-order valence-electron chi connectivity index (χ3n) is 10.7. The molecule has 2 heterocycles. The van der Waals surface area contributed by atoms with E-state index in [1.807, 2.05) is 72.8 Å². The molecule has 294 valence electrons. The third kappa shape index (κ3) is 7.80. The summed E-state index contributed by atoms with van der Waals surface area (Å²) in [7, 11) is 1.30. The number of anilines is 1. The van der Waals surface area contributed by atoms with E-state index >= 15 is 0 Å². The van der Waals surface area contributed by atoms with E-state index in [4.69, 9.17) is 9.47 Å². The highest BCUT2D eigenvalue weighted by molar-refractivity contribution is 8.00. The Kier molecular flexibility index (Phi) is 12.0. The van der Waals surface area contributed by atoms with Crippen LogP contribution in [0.3, 0.4) is 0 Å². The lowest BCUT2D eigenvalue weighted by molar-refractivity contribution is -0.931. The van der Waals surface area contributed by atoms with Gasteiger partial charge in [0.2, 0.25) is 5.78 Å². The van der Waals surface area contributed by atoms with Gasteiger partial charge in [-0.05, 0) is 59.4 Å². The molecule has 0 aliphatic carbocycles. The Morgan fingerprint density at radius 1 is 0.776 bits per heavy atom. The van der Waals surface area contributed by atoms with Crippen molar-refractivity contribution < 1.29 is 42.8 Å². The van der Waals surface area contributed by atoms with Crippen molar-refractivity contribution in [2.45, 2.75) is 48.6 Å². The van der Waals surface area contributed by atoms with Gasteiger partial charge in [-0.15, -0.1) is 4.59 Å². The Morgan fingerprint density at radius 3 is 1.97 bits per heavy atom. The van der Waals surface area contributed by atoms with E-state index in [1.165, 1.54) is 18.9 Å². The van der Waals surface area contributed by atoms with Crippen LogP contribution in [0.5, 0.6) is 0 Å². The van der Waals surface area contributed by atoms with Crippen molar-refractivity contribution in [3.05, 3.63) is 173 Å². The first-order valence-electron chi connectivity index (χ1n) is 19.0. The Labute approximate surface area is 340 Å². The molecular formula is C46H42N3O8S+. The van der Waals surface area contributed by atoms with E-state index in [0.717, 1.165) is 0 Å². The highest BCUT2D eigenvalue weighted by Gasteiger charge is 2.69. The molecule has 0 bridgehead atoms. The monoisotopic (exact) mass is 796 g/mol. The zero-order valence-electron chi connectivity index (χ0n) is 31.7. The van der Waals surface area contributed by atoms with Crippen LogP contribution < -0.4 is 10.7 Å². The molecule has 2 fully saturated rings. The van der Waals surface area contributed by atoms with Gasteiger partial charge in [0.1, 0.15) is 11.8 Å². The topological polar surface area (TPSA) is 145 Å². The van der Waals surface area contributed by atoms with Crippen molar-refractivity contribution in [3.8, 4) is 0 Å². The van der Waals surface area contributed by atoms with Crippen LogP contribution in [-0.4, -0.2) is 64.3 Å². The molecule has 4 atom stereocenters. The predicted molar refractivity (Wildman–Crippen MR) is 218 cm³/mol. The van der Waals surface area contributed by atoms with Crippen LogP contribution in [-0.2, 0) is 38.9 Å².